The zero-order valence-electron chi connectivity index (χ0n) is 9.44. The summed E-state index contributed by atoms with van der Waals surface area (Å²) in [5, 5.41) is 0. The molecule has 0 aliphatic heterocycles. The fourth-order valence-corrected chi connectivity index (χ4v) is 2.25. The van der Waals surface area contributed by atoms with Gasteiger partial charge in [0.25, 0.3) is 0 Å². The molecule has 0 fully saturated rings. The molecular formula is C10H12F3NO3S. The Labute approximate surface area is 102 Å². The highest BCUT2D eigenvalue weighted by Crippen LogP contribution is 2.29. The van der Waals surface area contributed by atoms with Gasteiger partial charge >= 0.3 is 6.36 Å². The Morgan fingerprint density at radius 2 is 1.89 bits per heavy atom. The van der Waals surface area contributed by atoms with Gasteiger partial charge in [-0.3, -0.25) is 0 Å². The van der Waals surface area contributed by atoms with Gasteiger partial charge in [-0.05, 0) is 6.07 Å². The van der Waals surface area contributed by atoms with Crippen molar-refractivity contribution in [2.24, 2.45) is 5.73 Å². The Bertz CT molecular complexity index is 513. The summed E-state index contributed by atoms with van der Waals surface area (Å²) in [6.07, 6.45) is -3.89. The summed E-state index contributed by atoms with van der Waals surface area (Å²) in [6.45, 7) is 0. The van der Waals surface area contributed by atoms with Crippen molar-refractivity contribution in [1.29, 1.82) is 0 Å². The molecule has 0 aromatic heterocycles. The molecule has 0 spiro atoms. The van der Waals surface area contributed by atoms with Crippen LogP contribution in [0.2, 0.25) is 0 Å². The molecule has 102 valence electrons. The summed E-state index contributed by atoms with van der Waals surface area (Å²) in [5.74, 6) is -0.938. The molecule has 18 heavy (non-hydrogen) atoms. The summed E-state index contributed by atoms with van der Waals surface area (Å²) in [7, 11) is -3.39. The van der Waals surface area contributed by atoms with Crippen molar-refractivity contribution in [1.82, 2.24) is 0 Å². The lowest BCUT2D eigenvalue weighted by molar-refractivity contribution is -0.274. The van der Waals surface area contributed by atoms with Crippen LogP contribution in [-0.4, -0.2) is 26.8 Å². The summed E-state index contributed by atoms with van der Waals surface area (Å²) >= 11 is 0. The Kier molecular flexibility index (Phi) is 4.23. The summed E-state index contributed by atoms with van der Waals surface area (Å²) in [6, 6.07) is 4.12. The van der Waals surface area contributed by atoms with E-state index in [1.54, 1.807) is 0 Å². The standard InChI is InChI=1S/C10H12F3NO3S/c1-18(15,16)6-8(14)7-4-2-3-5-9(7)17-10(11,12)13/h2-5,8H,6,14H2,1H3. The maximum Gasteiger partial charge on any atom is 0.573 e. The topological polar surface area (TPSA) is 69.4 Å². The van der Waals surface area contributed by atoms with Crippen LogP contribution in [-0.2, 0) is 9.84 Å². The summed E-state index contributed by atoms with van der Waals surface area (Å²) in [4.78, 5) is 0. The molecule has 0 bridgehead atoms. The SMILES string of the molecule is CS(=O)(=O)CC(N)c1ccccc1OC(F)(F)F. The Morgan fingerprint density at radius 1 is 1.33 bits per heavy atom. The first-order valence-corrected chi connectivity index (χ1v) is 6.92. The second-order valence-corrected chi connectivity index (χ2v) is 5.97. The molecule has 0 saturated carbocycles. The fraction of sp³-hybridized carbons (Fsp3) is 0.400. The highest BCUT2D eigenvalue weighted by molar-refractivity contribution is 7.90. The fourth-order valence-electron chi connectivity index (χ4n) is 1.42. The number of sulfone groups is 1. The van der Waals surface area contributed by atoms with Gasteiger partial charge in [0.1, 0.15) is 15.6 Å². The third-order valence-corrected chi connectivity index (χ3v) is 2.99. The molecule has 0 aliphatic rings. The largest absolute Gasteiger partial charge is 0.573 e. The van der Waals surface area contributed by atoms with E-state index in [0.29, 0.717) is 0 Å². The number of ether oxygens (including phenoxy) is 1. The predicted octanol–water partition coefficient (Wildman–Crippen LogP) is 1.63. The van der Waals surface area contributed by atoms with Gasteiger partial charge in [-0.25, -0.2) is 8.42 Å². The number of hydrogen-bond acceptors (Lipinski definition) is 4. The Morgan fingerprint density at radius 3 is 2.39 bits per heavy atom. The van der Waals surface area contributed by atoms with Crippen LogP contribution in [0.4, 0.5) is 13.2 Å². The number of hydrogen-bond donors (Lipinski definition) is 1. The van der Waals surface area contributed by atoms with Crippen LogP contribution in [0, 0.1) is 0 Å². The van der Waals surface area contributed by atoms with Crippen molar-refractivity contribution >= 4 is 9.84 Å². The van der Waals surface area contributed by atoms with Crippen LogP contribution in [0.25, 0.3) is 0 Å². The van der Waals surface area contributed by atoms with Gasteiger partial charge in [0.15, 0.2) is 0 Å². The normalized spacial score (nSPS) is 14.3. The predicted molar refractivity (Wildman–Crippen MR) is 59.8 cm³/mol. The molecule has 0 heterocycles. The van der Waals surface area contributed by atoms with Crippen LogP contribution in [0.3, 0.4) is 0 Å². The maximum absolute atomic E-state index is 12.1. The highest BCUT2D eigenvalue weighted by atomic mass is 32.2. The number of halogens is 3. The number of benzene rings is 1. The van der Waals surface area contributed by atoms with E-state index in [-0.39, 0.29) is 5.56 Å². The Balaban J connectivity index is 3.02. The van der Waals surface area contributed by atoms with E-state index < -0.39 is 33.7 Å². The molecule has 1 rings (SSSR count). The second-order valence-electron chi connectivity index (χ2n) is 3.78. The zero-order chi connectivity index (χ0) is 14.0. The number of para-hydroxylation sites is 1. The maximum atomic E-state index is 12.1. The van der Waals surface area contributed by atoms with Crippen LogP contribution < -0.4 is 10.5 Å². The molecule has 1 aromatic carbocycles. The zero-order valence-corrected chi connectivity index (χ0v) is 10.3. The molecule has 4 nitrogen and oxygen atoms in total. The van der Waals surface area contributed by atoms with E-state index in [2.05, 4.69) is 4.74 Å². The molecule has 1 unspecified atom stereocenters. The molecule has 2 N–H and O–H groups in total. The summed E-state index contributed by atoms with van der Waals surface area (Å²) < 4.78 is 62.4. The van der Waals surface area contributed by atoms with E-state index in [0.717, 1.165) is 12.3 Å². The van der Waals surface area contributed by atoms with Gasteiger partial charge in [-0.2, -0.15) is 0 Å². The third-order valence-electron chi connectivity index (χ3n) is 2.03. The Hall–Kier alpha value is -1.28. The first-order valence-electron chi connectivity index (χ1n) is 4.86. The highest BCUT2D eigenvalue weighted by Gasteiger charge is 2.32. The molecule has 0 amide bonds. The lowest BCUT2D eigenvalue weighted by Crippen LogP contribution is -2.24. The lowest BCUT2D eigenvalue weighted by Gasteiger charge is -2.17. The van der Waals surface area contributed by atoms with Gasteiger partial charge < -0.3 is 10.5 Å². The van der Waals surface area contributed by atoms with Crippen molar-refractivity contribution in [3.05, 3.63) is 29.8 Å². The number of alkyl halides is 3. The third kappa shape index (κ3) is 4.92. The van der Waals surface area contributed by atoms with Crippen LogP contribution in [0.1, 0.15) is 11.6 Å². The quantitative estimate of drug-likeness (QED) is 0.911. The first kappa shape index (κ1) is 14.8. The minimum atomic E-state index is -4.85. The monoisotopic (exact) mass is 283 g/mol. The minimum absolute atomic E-state index is 0.000231. The van der Waals surface area contributed by atoms with Crippen molar-refractivity contribution in [3.8, 4) is 5.75 Å². The van der Waals surface area contributed by atoms with Gasteiger partial charge in [0, 0.05) is 17.9 Å². The first-order chi connectivity index (χ1) is 8.08. The summed E-state index contributed by atoms with van der Waals surface area (Å²) in [5.41, 5.74) is 5.57. The molecule has 1 aromatic rings. The molecule has 0 radical (unpaired) electrons. The van der Waals surface area contributed by atoms with Crippen molar-refractivity contribution < 1.29 is 26.3 Å². The van der Waals surface area contributed by atoms with E-state index in [4.69, 9.17) is 5.73 Å². The van der Waals surface area contributed by atoms with E-state index in [1.165, 1.54) is 18.2 Å². The van der Waals surface area contributed by atoms with Gasteiger partial charge in [-0.15, -0.1) is 13.2 Å². The van der Waals surface area contributed by atoms with Gasteiger partial charge in [-0.1, -0.05) is 18.2 Å². The number of rotatable bonds is 4. The molecular weight excluding hydrogens is 271 g/mol. The molecule has 8 heteroatoms. The van der Waals surface area contributed by atoms with E-state index in [1.807, 2.05) is 0 Å². The van der Waals surface area contributed by atoms with Gasteiger partial charge in [0.05, 0.1) is 5.75 Å². The van der Waals surface area contributed by atoms with E-state index >= 15 is 0 Å². The van der Waals surface area contributed by atoms with Crippen molar-refractivity contribution in [3.63, 3.8) is 0 Å². The van der Waals surface area contributed by atoms with Crippen LogP contribution in [0.5, 0.6) is 5.75 Å². The molecule has 0 saturated heterocycles. The average Bonchev–Trinajstić information content (AvgIpc) is 2.12. The lowest BCUT2D eigenvalue weighted by atomic mass is 10.1. The molecule has 1 atom stereocenters. The minimum Gasteiger partial charge on any atom is -0.405 e. The van der Waals surface area contributed by atoms with E-state index in [9.17, 15) is 21.6 Å². The van der Waals surface area contributed by atoms with Gasteiger partial charge in [0.2, 0.25) is 0 Å². The van der Waals surface area contributed by atoms with Crippen LogP contribution >= 0.6 is 0 Å². The van der Waals surface area contributed by atoms with Crippen molar-refractivity contribution in [2.45, 2.75) is 12.4 Å². The smallest absolute Gasteiger partial charge is 0.405 e. The second kappa shape index (κ2) is 5.15. The average molecular weight is 283 g/mol. The molecule has 0 aliphatic carbocycles. The number of nitrogens with two attached hydrogens (primary N) is 1. The van der Waals surface area contributed by atoms with Crippen molar-refractivity contribution in [2.75, 3.05) is 12.0 Å². The van der Waals surface area contributed by atoms with Crippen LogP contribution in [0.15, 0.2) is 24.3 Å².